The van der Waals surface area contributed by atoms with E-state index in [1.807, 2.05) is 0 Å². The molecule has 1 atom stereocenters. The van der Waals surface area contributed by atoms with Crippen LogP contribution in [0.15, 0.2) is 28.1 Å². The van der Waals surface area contributed by atoms with E-state index in [1.165, 1.54) is 6.07 Å². The van der Waals surface area contributed by atoms with Gasteiger partial charge in [0.05, 0.1) is 0 Å². The maximum absolute atomic E-state index is 13.5. The van der Waals surface area contributed by atoms with Crippen LogP contribution in [0.1, 0.15) is 17.4 Å². The first kappa shape index (κ1) is 11.6. The normalized spacial score (nSPS) is 12.7. The molecular formula is C10H8BrFN2OS. The minimum atomic E-state index is -0.811. The molecule has 3 nitrogen and oxygen atoms in total. The van der Waals surface area contributed by atoms with Crippen LogP contribution in [0.4, 0.5) is 4.39 Å². The summed E-state index contributed by atoms with van der Waals surface area (Å²) < 4.78 is 17.8. The molecule has 6 heteroatoms. The van der Waals surface area contributed by atoms with Crippen molar-refractivity contribution in [1.82, 2.24) is 9.59 Å². The number of nitrogens with zero attached hydrogens (tertiary/aromatic N) is 2. The zero-order valence-electron chi connectivity index (χ0n) is 8.10. The van der Waals surface area contributed by atoms with Crippen LogP contribution in [-0.2, 0) is 6.42 Å². The lowest BCUT2D eigenvalue weighted by molar-refractivity contribution is 0.172. The molecule has 0 aliphatic carbocycles. The topological polar surface area (TPSA) is 46.0 Å². The smallest absolute Gasteiger partial charge is 0.127 e. The van der Waals surface area contributed by atoms with Crippen LogP contribution in [0.3, 0.4) is 0 Å². The second-order valence-electron chi connectivity index (χ2n) is 3.29. The van der Waals surface area contributed by atoms with Gasteiger partial charge in [0.2, 0.25) is 0 Å². The van der Waals surface area contributed by atoms with Crippen molar-refractivity contribution in [2.24, 2.45) is 0 Å². The van der Waals surface area contributed by atoms with Crippen LogP contribution in [0, 0.1) is 5.82 Å². The van der Waals surface area contributed by atoms with Crippen molar-refractivity contribution in [1.29, 1.82) is 0 Å². The summed E-state index contributed by atoms with van der Waals surface area (Å²) in [6.45, 7) is 0. The third-order valence-corrected chi connectivity index (χ3v) is 3.16. The largest absolute Gasteiger partial charge is 0.386 e. The minimum absolute atomic E-state index is 0.199. The summed E-state index contributed by atoms with van der Waals surface area (Å²) in [6.07, 6.45) is -0.612. The van der Waals surface area contributed by atoms with Crippen molar-refractivity contribution < 1.29 is 9.50 Å². The van der Waals surface area contributed by atoms with Gasteiger partial charge in [0.1, 0.15) is 17.6 Å². The van der Waals surface area contributed by atoms with Crippen molar-refractivity contribution in [3.63, 3.8) is 0 Å². The van der Waals surface area contributed by atoms with Crippen LogP contribution in [0.2, 0.25) is 0 Å². The highest BCUT2D eigenvalue weighted by atomic mass is 79.9. The molecule has 1 aromatic heterocycles. The summed E-state index contributed by atoms with van der Waals surface area (Å²) in [4.78, 5) is 0. The van der Waals surface area contributed by atoms with E-state index in [2.05, 4.69) is 25.5 Å². The summed E-state index contributed by atoms with van der Waals surface area (Å²) in [5.41, 5.74) is 0.941. The predicted octanol–water partition coefficient (Wildman–Crippen LogP) is 2.72. The molecule has 0 amide bonds. The molecule has 2 rings (SSSR count). The fraction of sp³-hybridized carbons (Fsp3) is 0.200. The number of rotatable bonds is 3. The van der Waals surface area contributed by atoms with E-state index in [0.29, 0.717) is 15.7 Å². The molecule has 0 spiro atoms. The summed E-state index contributed by atoms with van der Waals surface area (Å²) in [6, 6.07) is 4.76. The number of hydrogen-bond acceptors (Lipinski definition) is 4. The first-order valence-corrected chi connectivity index (χ1v) is 6.18. The molecule has 16 heavy (non-hydrogen) atoms. The lowest BCUT2D eigenvalue weighted by Crippen LogP contribution is -2.04. The molecule has 0 saturated heterocycles. The summed E-state index contributed by atoms with van der Waals surface area (Å²) in [7, 11) is 0. The summed E-state index contributed by atoms with van der Waals surface area (Å²) in [5.74, 6) is -0.336. The zero-order valence-corrected chi connectivity index (χ0v) is 10.5. The number of halogens is 2. The standard InChI is InChI=1S/C10H8BrFN2OS/c11-7-2-1-6(8(12)4-7)3-10(15)9-5-16-14-13-9/h1-2,4-5,10,15H,3H2. The summed E-state index contributed by atoms with van der Waals surface area (Å²) in [5, 5.41) is 15.2. The van der Waals surface area contributed by atoms with Gasteiger partial charge < -0.3 is 5.11 Å². The number of aliphatic hydroxyl groups excluding tert-OH is 1. The molecule has 0 aliphatic heterocycles. The van der Waals surface area contributed by atoms with Crippen molar-refractivity contribution in [2.45, 2.75) is 12.5 Å². The van der Waals surface area contributed by atoms with Crippen LogP contribution >= 0.6 is 27.5 Å². The zero-order chi connectivity index (χ0) is 11.5. The third-order valence-electron chi connectivity index (χ3n) is 2.15. The lowest BCUT2D eigenvalue weighted by Gasteiger charge is -2.08. The highest BCUT2D eigenvalue weighted by Gasteiger charge is 2.14. The monoisotopic (exact) mass is 302 g/mol. The Bertz CT molecular complexity index is 478. The fourth-order valence-corrected chi connectivity index (χ4v) is 2.15. The number of aromatic nitrogens is 2. The van der Waals surface area contributed by atoms with Gasteiger partial charge in [0, 0.05) is 16.3 Å². The Morgan fingerprint density at radius 2 is 2.31 bits per heavy atom. The van der Waals surface area contributed by atoms with Gasteiger partial charge in [-0.1, -0.05) is 26.5 Å². The Morgan fingerprint density at radius 1 is 1.50 bits per heavy atom. The Kier molecular flexibility index (Phi) is 3.63. The van der Waals surface area contributed by atoms with Crippen LogP contribution < -0.4 is 0 Å². The quantitative estimate of drug-likeness (QED) is 0.948. The fourth-order valence-electron chi connectivity index (χ4n) is 1.32. The van der Waals surface area contributed by atoms with Gasteiger partial charge in [-0.05, 0) is 29.2 Å². The Hall–Kier alpha value is -0.850. The maximum Gasteiger partial charge on any atom is 0.127 e. The van der Waals surface area contributed by atoms with Crippen LogP contribution in [0.5, 0.6) is 0 Å². The van der Waals surface area contributed by atoms with E-state index in [9.17, 15) is 9.50 Å². The highest BCUT2D eigenvalue weighted by Crippen LogP contribution is 2.21. The van der Waals surface area contributed by atoms with E-state index < -0.39 is 6.10 Å². The van der Waals surface area contributed by atoms with Gasteiger partial charge in [-0.2, -0.15) is 0 Å². The first-order chi connectivity index (χ1) is 7.66. The van der Waals surface area contributed by atoms with Crippen molar-refractivity contribution in [3.8, 4) is 0 Å². The first-order valence-electron chi connectivity index (χ1n) is 4.56. The maximum atomic E-state index is 13.5. The van der Waals surface area contributed by atoms with Gasteiger partial charge >= 0.3 is 0 Å². The predicted molar refractivity (Wildman–Crippen MR) is 62.7 cm³/mol. The molecule has 0 aliphatic rings. The van der Waals surface area contributed by atoms with E-state index >= 15 is 0 Å². The van der Waals surface area contributed by atoms with E-state index in [-0.39, 0.29) is 12.2 Å². The van der Waals surface area contributed by atoms with E-state index in [4.69, 9.17) is 0 Å². The van der Waals surface area contributed by atoms with Gasteiger partial charge in [0.15, 0.2) is 0 Å². The molecule has 84 valence electrons. The molecule has 0 radical (unpaired) electrons. The molecule has 1 N–H and O–H groups in total. The second-order valence-corrected chi connectivity index (χ2v) is 4.81. The van der Waals surface area contributed by atoms with Gasteiger partial charge in [-0.15, -0.1) is 5.10 Å². The SMILES string of the molecule is OC(Cc1ccc(Br)cc1F)c1csnn1. The number of aliphatic hydroxyl groups is 1. The van der Waals surface area contributed by atoms with Gasteiger partial charge in [-0.25, -0.2) is 4.39 Å². The van der Waals surface area contributed by atoms with Crippen molar-refractivity contribution in [2.75, 3.05) is 0 Å². The molecule has 0 saturated carbocycles. The summed E-state index contributed by atoms with van der Waals surface area (Å²) >= 11 is 4.34. The molecule has 1 heterocycles. The highest BCUT2D eigenvalue weighted by molar-refractivity contribution is 9.10. The van der Waals surface area contributed by atoms with E-state index in [0.717, 1.165) is 11.5 Å². The molecule has 0 bridgehead atoms. The van der Waals surface area contributed by atoms with Gasteiger partial charge in [-0.3, -0.25) is 0 Å². The van der Waals surface area contributed by atoms with Crippen LogP contribution in [-0.4, -0.2) is 14.7 Å². The molecule has 1 aromatic carbocycles. The minimum Gasteiger partial charge on any atom is -0.386 e. The molecule has 2 aromatic rings. The number of benzene rings is 1. The molecule has 0 fully saturated rings. The van der Waals surface area contributed by atoms with Crippen molar-refractivity contribution >= 4 is 27.5 Å². The van der Waals surface area contributed by atoms with Crippen molar-refractivity contribution in [3.05, 3.63) is 45.1 Å². The van der Waals surface area contributed by atoms with Crippen LogP contribution in [0.25, 0.3) is 0 Å². The Balaban J connectivity index is 2.15. The Morgan fingerprint density at radius 3 is 2.94 bits per heavy atom. The second kappa shape index (κ2) is 4.99. The van der Waals surface area contributed by atoms with Gasteiger partial charge in [0.25, 0.3) is 0 Å². The molecular weight excluding hydrogens is 295 g/mol. The Labute approximate surface area is 104 Å². The average Bonchev–Trinajstić information content (AvgIpc) is 2.75. The third kappa shape index (κ3) is 2.63. The molecule has 1 unspecified atom stereocenters. The van der Waals surface area contributed by atoms with E-state index in [1.54, 1.807) is 17.5 Å². The lowest BCUT2D eigenvalue weighted by atomic mass is 10.1. The average molecular weight is 303 g/mol. The number of hydrogen-bond donors (Lipinski definition) is 1.